The van der Waals surface area contributed by atoms with Gasteiger partial charge in [0.25, 0.3) is 0 Å². The van der Waals surface area contributed by atoms with Crippen LogP contribution in [-0.4, -0.2) is 36.4 Å². The molecule has 0 atom stereocenters. The van der Waals surface area contributed by atoms with Crippen LogP contribution in [0.3, 0.4) is 0 Å². The highest BCUT2D eigenvalue weighted by Crippen LogP contribution is 2.47. The van der Waals surface area contributed by atoms with Crippen molar-refractivity contribution in [1.82, 2.24) is 20.4 Å². The second-order valence-electron chi connectivity index (χ2n) is 7.38. The van der Waals surface area contributed by atoms with Gasteiger partial charge in [-0.05, 0) is 48.7 Å². The van der Waals surface area contributed by atoms with E-state index in [9.17, 15) is 0 Å². The van der Waals surface area contributed by atoms with E-state index in [4.69, 9.17) is 4.74 Å². The van der Waals surface area contributed by atoms with Gasteiger partial charge in [0, 0.05) is 25.2 Å². The summed E-state index contributed by atoms with van der Waals surface area (Å²) in [7, 11) is 3.46. The van der Waals surface area contributed by atoms with Crippen molar-refractivity contribution < 1.29 is 4.74 Å². The minimum absolute atomic E-state index is 0.245. The molecule has 1 aliphatic carbocycles. The summed E-state index contributed by atoms with van der Waals surface area (Å²) < 4.78 is 7.07. The highest BCUT2D eigenvalue weighted by Gasteiger charge is 2.43. The summed E-state index contributed by atoms with van der Waals surface area (Å²) in [6.07, 6.45) is 4.39. The van der Waals surface area contributed by atoms with Gasteiger partial charge in [-0.25, -0.2) is 4.68 Å². The zero-order valence-corrected chi connectivity index (χ0v) is 16.9. The van der Waals surface area contributed by atoms with Crippen molar-refractivity contribution in [3.05, 3.63) is 78.1 Å². The van der Waals surface area contributed by atoms with Crippen LogP contribution in [0.1, 0.15) is 24.1 Å². The summed E-state index contributed by atoms with van der Waals surface area (Å²) in [6, 6.07) is 20.6. The summed E-state index contributed by atoms with van der Waals surface area (Å²) in [5.41, 5.74) is 3.60. The summed E-state index contributed by atoms with van der Waals surface area (Å²) in [6.45, 7) is 1.50. The number of methoxy groups -OCH3 is 1. The molecule has 0 aliphatic heterocycles. The van der Waals surface area contributed by atoms with Crippen LogP contribution in [0.25, 0.3) is 5.69 Å². The highest BCUT2D eigenvalue weighted by atomic mass is 16.5. The molecular weight excluding hydrogens is 362 g/mol. The first-order valence-corrected chi connectivity index (χ1v) is 9.91. The highest BCUT2D eigenvalue weighted by molar-refractivity contribution is 5.79. The zero-order valence-electron chi connectivity index (χ0n) is 16.9. The Hall–Kier alpha value is -3.28. The standard InChI is InChI=1S/C23H27N5O/c1-24-22(26-17-23(13-14-23)18-6-4-3-5-7-18)25-16-19-12-15-28(27-19)20-8-10-21(29-2)11-9-20/h3-12,15H,13-14,16-17H2,1-2H3,(H2,24,25,26). The van der Waals surface area contributed by atoms with Gasteiger partial charge < -0.3 is 15.4 Å². The van der Waals surface area contributed by atoms with E-state index in [1.54, 1.807) is 14.2 Å². The number of nitrogens with zero attached hydrogens (tertiary/aromatic N) is 3. The molecule has 0 radical (unpaired) electrons. The molecule has 3 aromatic rings. The first-order chi connectivity index (χ1) is 14.2. The van der Waals surface area contributed by atoms with Crippen LogP contribution in [0.4, 0.5) is 0 Å². The van der Waals surface area contributed by atoms with E-state index in [-0.39, 0.29) is 5.41 Å². The van der Waals surface area contributed by atoms with E-state index in [2.05, 4.69) is 51.1 Å². The Bertz CT molecular complexity index is 958. The number of ether oxygens (including phenoxy) is 1. The molecule has 0 bridgehead atoms. The number of aliphatic imine (C=N–C) groups is 1. The maximum atomic E-state index is 5.21. The van der Waals surface area contributed by atoms with Crippen LogP contribution in [0.15, 0.2) is 71.9 Å². The third kappa shape index (κ3) is 4.42. The number of hydrogen-bond acceptors (Lipinski definition) is 3. The van der Waals surface area contributed by atoms with Gasteiger partial charge in [0.1, 0.15) is 5.75 Å². The molecule has 1 heterocycles. The monoisotopic (exact) mass is 389 g/mol. The molecule has 6 nitrogen and oxygen atoms in total. The van der Waals surface area contributed by atoms with E-state index in [0.29, 0.717) is 6.54 Å². The van der Waals surface area contributed by atoms with Gasteiger partial charge in [-0.3, -0.25) is 4.99 Å². The van der Waals surface area contributed by atoms with Crippen molar-refractivity contribution in [2.75, 3.05) is 20.7 Å². The molecule has 1 saturated carbocycles. The van der Waals surface area contributed by atoms with E-state index in [0.717, 1.165) is 29.6 Å². The minimum Gasteiger partial charge on any atom is -0.497 e. The molecule has 0 amide bonds. The molecule has 4 rings (SSSR count). The molecule has 1 aromatic heterocycles. The van der Waals surface area contributed by atoms with Gasteiger partial charge in [-0.2, -0.15) is 5.10 Å². The fourth-order valence-corrected chi connectivity index (χ4v) is 3.49. The fourth-order valence-electron chi connectivity index (χ4n) is 3.49. The molecule has 2 N–H and O–H groups in total. The fraction of sp³-hybridized carbons (Fsp3) is 0.304. The SMILES string of the molecule is CN=C(NCc1ccn(-c2ccc(OC)cc2)n1)NCC1(c2ccccc2)CC1. The minimum atomic E-state index is 0.245. The van der Waals surface area contributed by atoms with Gasteiger partial charge in [0.2, 0.25) is 0 Å². The second-order valence-corrected chi connectivity index (χ2v) is 7.38. The number of guanidine groups is 1. The van der Waals surface area contributed by atoms with Crippen LogP contribution in [0.5, 0.6) is 5.75 Å². The normalized spacial score (nSPS) is 15.0. The quantitative estimate of drug-likeness (QED) is 0.481. The molecule has 150 valence electrons. The zero-order chi connectivity index (χ0) is 20.1. The Balaban J connectivity index is 1.32. The molecule has 6 heteroatoms. The molecule has 1 fully saturated rings. The molecule has 29 heavy (non-hydrogen) atoms. The van der Waals surface area contributed by atoms with Crippen LogP contribution in [0, 0.1) is 0 Å². The van der Waals surface area contributed by atoms with Crippen molar-refractivity contribution in [3.63, 3.8) is 0 Å². The molecule has 2 aromatic carbocycles. The lowest BCUT2D eigenvalue weighted by Crippen LogP contribution is -2.41. The summed E-state index contributed by atoms with van der Waals surface area (Å²) in [5.74, 6) is 1.63. The largest absolute Gasteiger partial charge is 0.497 e. The Morgan fingerprint density at radius 1 is 1.07 bits per heavy atom. The number of nitrogens with one attached hydrogen (secondary N) is 2. The lowest BCUT2D eigenvalue weighted by atomic mass is 9.96. The Morgan fingerprint density at radius 3 is 2.48 bits per heavy atom. The maximum absolute atomic E-state index is 5.21. The second kappa shape index (κ2) is 8.39. The van der Waals surface area contributed by atoms with E-state index in [1.165, 1.54) is 18.4 Å². The molecule has 0 spiro atoms. The summed E-state index contributed by atoms with van der Waals surface area (Å²) in [5, 5.41) is 11.5. The topological polar surface area (TPSA) is 63.5 Å². The molecule has 1 aliphatic rings. The number of benzene rings is 2. The third-order valence-corrected chi connectivity index (χ3v) is 5.48. The first-order valence-electron chi connectivity index (χ1n) is 9.91. The van der Waals surface area contributed by atoms with Crippen molar-refractivity contribution in [2.45, 2.75) is 24.8 Å². The molecule has 0 unspecified atom stereocenters. The molecule has 0 saturated heterocycles. The predicted molar refractivity (Wildman–Crippen MR) is 116 cm³/mol. The lowest BCUT2D eigenvalue weighted by molar-refractivity contribution is 0.414. The Morgan fingerprint density at radius 2 is 1.83 bits per heavy atom. The van der Waals surface area contributed by atoms with Gasteiger partial charge in [0.15, 0.2) is 5.96 Å². The Kier molecular flexibility index (Phi) is 5.51. The summed E-state index contributed by atoms with van der Waals surface area (Å²) >= 11 is 0. The number of rotatable bonds is 7. The number of hydrogen-bond donors (Lipinski definition) is 2. The van der Waals surface area contributed by atoms with Crippen molar-refractivity contribution in [3.8, 4) is 11.4 Å². The van der Waals surface area contributed by atoms with Crippen LogP contribution >= 0.6 is 0 Å². The Labute approximate surface area is 171 Å². The van der Waals surface area contributed by atoms with E-state index in [1.807, 2.05) is 41.2 Å². The van der Waals surface area contributed by atoms with Crippen LogP contribution < -0.4 is 15.4 Å². The van der Waals surface area contributed by atoms with Gasteiger partial charge in [0.05, 0.1) is 25.0 Å². The van der Waals surface area contributed by atoms with Crippen molar-refractivity contribution in [2.24, 2.45) is 4.99 Å². The maximum Gasteiger partial charge on any atom is 0.191 e. The average Bonchev–Trinajstić information content (AvgIpc) is 3.43. The third-order valence-electron chi connectivity index (χ3n) is 5.48. The van der Waals surface area contributed by atoms with Crippen LogP contribution in [0.2, 0.25) is 0 Å². The van der Waals surface area contributed by atoms with Crippen molar-refractivity contribution >= 4 is 5.96 Å². The summed E-state index contributed by atoms with van der Waals surface area (Å²) in [4.78, 5) is 4.36. The van der Waals surface area contributed by atoms with Crippen molar-refractivity contribution in [1.29, 1.82) is 0 Å². The van der Waals surface area contributed by atoms with Gasteiger partial charge in [-0.15, -0.1) is 0 Å². The smallest absolute Gasteiger partial charge is 0.191 e. The first kappa shape index (κ1) is 19.1. The van der Waals surface area contributed by atoms with E-state index < -0.39 is 0 Å². The predicted octanol–water partition coefficient (Wildman–Crippen LogP) is 3.28. The molecular formula is C23H27N5O. The lowest BCUT2D eigenvalue weighted by Gasteiger charge is -2.18. The average molecular weight is 390 g/mol. The van der Waals surface area contributed by atoms with E-state index >= 15 is 0 Å². The van der Waals surface area contributed by atoms with Gasteiger partial charge >= 0.3 is 0 Å². The van der Waals surface area contributed by atoms with Crippen LogP contribution in [-0.2, 0) is 12.0 Å². The number of aromatic nitrogens is 2. The van der Waals surface area contributed by atoms with Gasteiger partial charge in [-0.1, -0.05) is 30.3 Å².